The topological polar surface area (TPSA) is 47.3 Å². The van der Waals surface area contributed by atoms with E-state index in [2.05, 4.69) is 17.1 Å². The van der Waals surface area contributed by atoms with Crippen LogP contribution in [0.4, 0.5) is 0 Å². The molecular formula is C2H4N2O. The molecule has 0 aromatic carbocycles. The molecule has 0 aromatic heterocycles. The molecule has 0 atom stereocenters. The third-order valence-electron chi connectivity index (χ3n) is 0.118. The Bertz CT molecular complexity index is 46.1. The molecule has 0 fully saturated rings. The maximum absolute atomic E-state index is 4.52. The molecule has 0 amide bonds. The van der Waals surface area contributed by atoms with Crippen LogP contribution in [0.2, 0.25) is 0 Å². The van der Waals surface area contributed by atoms with Crippen LogP contribution in [-0.2, 0) is 4.84 Å². The van der Waals surface area contributed by atoms with E-state index in [0.717, 1.165) is 0 Å². The van der Waals surface area contributed by atoms with Crippen LogP contribution in [0, 0.1) is 12.5 Å². The zero-order valence-electron chi connectivity index (χ0n) is 2.56. The Balaban J connectivity index is 2.48. The summed E-state index contributed by atoms with van der Waals surface area (Å²) in [6.45, 7) is 0. The van der Waals surface area contributed by atoms with Crippen molar-refractivity contribution in [2.75, 3.05) is 0 Å². The molecule has 3 N–H and O–H groups in total. The zero-order valence-corrected chi connectivity index (χ0v) is 2.56. The number of rotatable bonds is 1. The number of hydrazine groups is 1. The Labute approximate surface area is 30.0 Å². The minimum Gasteiger partial charge on any atom is -0.342 e. The molecule has 0 aliphatic carbocycles. The molecule has 0 aromatic rings. The number of nitrogens with two attached hydrogens (primary N) is 1. The fourth-order valence-corrected chi connectivity index (χ4v) is 0.0340. The number of hydrogen-bond donors (Lipinski definition) is 2. The first-order valence-corrected chi connectivity index (χ1v) is 0.986. The van der Waals surface area contributed by atoms with Gasteiger partial charge in [-0.1, -0.05) is 12.0 Å². The lowest BCUT2D eigenvalue weighted by Crippen LogP contribution is -2.18. The second kappa shape index (κ2) is 3.28. The molecule has 3 heteroatoms. The average molecular weight is 72.1 g/mol. The van der Waals surface area contributed by atoms with Gasteiger partial charge < -0.3 is 4.84 Å². The Morgan fingerprint density at radius 2 is 2.60 bits per heavy atom. The van der Waals surface area contributed by atoms with Crippen LogP contribution in [0.1, 0.15) is 0 Å². The normalized spacial score (nSPS) is 5.60. The van der Waals surface area contributed by atoms with Crippen LogP contribution in [0.3, 0.4) is 0 Å². The van der Waals surface area contributed by atoms with Crippen molar-refractivity contribution in [1.82, 2.24) is 5.59 Å². The number of terminal acetylenes is 1. The van der Waals surface area contributed by atoms with Crippen molar-refractivity contribution in [3.63, 3.8) is 0 Å². The highest BCUT2D eigenvalue weighted by Gasteiger charge is 1.51. The smallest absolute Gasteiger partial charge is 0.136 e. The van der Waals surface area contributed by atoms with Crippen LogP contribution >= 0.6 is 0 Å². The maximum atomic E-state index is 4.52. The molecule has 0 saturated carbocycles. The monoisotopic (exact) mass is 72.0 g/mol. The van der Waals surface area contributed by atoms with Crippen molar-refractivity contribution in [3.05, 3.63) is 0 Å². The van der Waals surface area contributed by atoms with Crippen molar-refractivity contribution in [3.8, 4) is 12.5 Å². The number of nitrogens with one attached hydrogen (secondary N) is 1. The highest BCUT2D eigenvalue weighted by molar-refractivity contribution is 4.65. The molecular weight excluding hydrogens is 68.0 g/mol. The van der Waals surface area contributed by atoms with Gasteiger partial charge >= 0.3 is 0 Å². The van der Waals surface area contributed by atoms with E-state index in [1.165, 1.54) is 0 Å². The van der Waals surface area contributed by atoms with Gasteiger partial charge in [0, 0.05) is 0 Å². The van der Waals surface area contributed by atoms with E-state index in [0.29, 0.717) is 0 Å². The summed E-state index contributed by atoms with van der Waals surface area (Å²) in [4.78, 5) is 3.89. The largest absolute Gasteiger partial charge is 0.342 e. The van der Waals surface area contributed by atoms with Crippen molar-refractivity contribution < 1.29 is 4.84 Å². The van der Waals surface area contributed by atoms with Crippen LogP contribution < -0.4 is 11.4 Å². The fraction of sp³-hybridized carbons (Fsp3) is 0. The molecule has 0 spiro atoms. The van der Waals surface area contributed by atoms with E-state index < -0.39 is 0 Å². The summed E-state index contributed by atoms with van der Waals surface area (Å²) in [5.41, 5.74) is 1.78. The third kappa shape index (κ3) is 3.28. The van der Waals surface area contributed by atoms with E-state index in [4.69, 9.17) is 0 Å². The summed E-state index contributed by atoms with van der Waals surface area (Å²) in [7, 11) is 0. The fourth-order valence-electron chi connectivity index (χ4n) is 0.0340. The van der Waals surface area contributed by atoms with Gasteiger partial charge in [0.15, 0.2) is 0 Å². The molecule has 0 bridgehead atoms. The standard InChI is InChI=1S/C2H4N2O/c1-2-5-4-3/h1,4H,3H2. The highest BCUT2D eigenvalue weighted by atomic mass is 16.7. The van der Waals surface area contributed by atoms with Gasteiger partial charge in [0.25, 0.3) is 0 Å². The summed E-state index contributed by atoms with van der Waals surface area (Å²) in [5.74, 6) is 4.52. The van der Waals surface area contributed by atoms with Crippen molar-refractivity contribution in [2.24, 2.45) is 5.84 Å². The first kappa shape index (κ1) is 4.28. The lowest BCUT2D eigenvalue weighted by Gasteiger charge is -1.82. The molecule has 0 radical (unpaired) electrons. The molecule has 28 valence electrons. The Kier molecular flexibility index (Phi) is 2.81. The van der Waals surface area contributed by atoms with Gasteiger partial charge in [-0.05, 0) is 0 Å². The van der Waals surface area contributed by atoms with Crippen molar-refractivity contribution in [2.45, 2.75) is 0 Å². The minimum absolute atomic E-state index is 1.78. The van der Waals surface area contributed by atoms with E-state index in [1.807, 2.05) is 0 Å². The molecule has 0 rings (SSSR count). The van der Waals surface area contributed by atoms with Gasteiger partial charge in [-0.25, -0.2) is 5.84 Å². The summed E-state index contributed by atoms with van der Waals surface area (Å²) >= 11 is 0. The molecule has 0 heterocycles. The highest BCUT2D eigenvalue weighted by Crippen LogP contribution is 1.39. The lowest BCUT2D eigenvalue weighted by molar-refractivity contribution is 0.160. The molecule has 5 heavy (non-hydrogen) atoms. The molecule has 3 nitrogen and oxygen atoms in total. The van der Waals surface area contributed by atoms with Gasteiger partial charge in [0.05, 0.1) is 0 Å². The maximum Gasteiger partial charge on any atom is 0.136 e. The SMILES string of the molecule is C#CONN. The average Bonchev–Trinajstić information content (AvgIpc) is 1.41. The summed E-state index contributed by atoms with van der Waals surface area (Å²) < 4.78 is 0. The second-order valence-electron chi connectivity index (χ2n) is 0.338. The lowest BCUT2D eigenvalue weighted by atomic mass is 11.3. The quantitative estimate of drug-likeness (QED) is 0.236. The first-order chi connectivity index (χ1) is 2.41. The number of hydrogen-bond acceptors (Lipinski definition) is 3. The van der Waals surface area contributed by atoms with Crippen LogP contribution in [0.25, 0.3) is 0 Å². The van der Waals surface area contributed by atoms with Crippen LogP contribution in [-0.4, -0.2) is 0 Å². The van der Waals surface area contributed by atoms with Crippen LogP contribution in [0.15, 0.2) is 0 Å². The minimum atomic E-state index is 1.78. The molecule has 0 aliphatic heterocycles. The molecule has 0 saturated heterocycles. The Morgan fingerprint density at radius 1 is 2.00 bits per heavy atom. The van der Waals surface area contributed by atoms with Gasteiger partial charge in [0.2, 0.25) is 0 Å². The predicted octanol–water partition coefficient (Wildman–Crippen LogP) is -1.03. The van der Waals surface area contributed by atoms with E-state index in [9.17, 15) is 0 Å². The van der Waals surface area contributed by atoms with Gasteiger partial charge in [-0.3, -0.25) is 0 Å². The predicted molar refractivity (Wildman–Crippen MR) is 17.2 cm³/mol. The van der Waals surface area contributed by atoms with Crippen molar-refractivity contribution in [1.29, 1.82) is 0 Å². The molecule has 0 unspecified atom stereocenters. The Morgan fingerprint density at radius 3 is 2.60 bits per heavy atom. The van der Waals surface area contributed by atoms with E-state index in [-0.39, 0.29) is 0 Å². The summed E-state index contributed by atoms with van der Waals surface area (Å²) in [6, 6.07) is 0. The zero-order chi connectivity index (χ0) is 4.12. The summed E-state index contributed by atoms with van der Waals surface area (Å²) in [6.07, 6.45) is 6.31. The molecule has 0 aliphatic rings. The van der Waals surface area contributed by atoms with E-state index >= 15 is 0 Å². The van der Waals surface area contributed by atoms with Crippen molar-refractivity contribution >= 4 is 0 Å². The van der Waals surface area contributed by atoms with Gasteiger partial charge in [0.1, 0.15) is 6.11 Å². The second-order valence-corrected chi connectivity index (χ2v) is 0.338. The first-order valence-electron chi connectivity index (χ1n) is 0.986. The van der Waals surface area contributed by atoms with Gasteiger partial charge in [-0.2, -0.15) is 0 Å². The van der Waals surface area contributed by atoms with Crippen LogP contribution in [0.5, 0.6) is 0 Å². The Hall–Kier alpha value is -0.720. The van der Waals surface area contributed by atoms with Gasteiger partial charge in [-0.15, -0.1) is 0 Å². The summed E-state index contributed by atoms with van der Waals surface area (Å²) in [5, 5.41) is 0. The van der Waals surface area contributed by atoms with E-state index in [1.54, 1.807) is 11.7 Å². The third-order valence-corrected chi connectivity index (χ3v) is 0.118.